The summed E-state index contributed by atoms with van der Waals surface area (Å²) in [7, 11) is 0. The number of fused-ring (bicyclic) bond motifs is 1. The summed E-state index contributed by atoms with van der Waals surface area (Å²) in [6.07, 6.45) is 17.4. The van der Waals surface area contributed by atoms with E-state index in [9.17, 15) is 9.59 Å². The molecule has 8 nitrogen and oxygen atoms in total. The lowest BCUT2D eigenvalue weighted by molar-refractivity contribution is 0.0525. The number of esters is 2. The van der Waals surface area contributed by atoms with E-state index in [1.54, 1.807) is 20.8 Å². The number of benzene rings is 2. The Morgan fingerprint density at radius 3 is 1.90 bits per heavy atom. The number of thioether (sulfide) groups is 1. The highest BCUT2D eigenvalue weighted by Crippen LogP contribution is 2.42. The van der Waals surface area contributed by atoms with Crippen LogP contribution in [0.1, 0.15) is 149 Å². The van der Waals surface area contributed by atoms with E-state index in [1.807, 2.05) is 43.3 Å². The molecule has 0 spiro atoms. The molecule has 52 heavy (non-hydrogen) atoms. The first-order valence-electron chi connectivity index (χ1n) is 19.6. The van der Waals surface area contributed by atoms with Crippen molar-refractivity contribution in [1.82, 2.24) is 15.0 Å². The number of nitrogens with zero attached hydrogens (tertiary/aromatic N) is 2. The molecule has 0 saturated heterocycles. The fourth-order valence-corrected chi connectivity index (χ4v) is 7.63. The molecule has 0 aliphatic carbocycles. The minimum absolute atomic E-state index is 0.177. The topological polar surface area (TPSA) is 103 Å². The minimum Gasteiger partial charge on any atom is -0.493 e. The number of ether oxygens (including phenoxy) is 3. The number of hydrogen-bond donors (Lipinski definition) is 1. The second kappa shape index (κ2) is 22.3. The van der Waals surface area contributed by atoms with Gasteiger partial charge in [-0.05, 0) is 64.3 Å². The highest BCUT2D eigenvalue weighted by molar-refractivity contribution is 7.98. The quantitative estimate of drug-likeness (QED) is 0.0432. The van der Waals surface area contributed by atoms with Gasteiger partial charge < -0.3 is 19.2 Å². The Bertz CT molecular complexity index is 1690. The Balaban J connectivity index is 1.63. The van der Waals surface area contributed by atoms with E-state index < -0.39 is 11.9 Å². The highest BCUT2D eigenvalue weighted by atomic mass is 32.2. The number of aryl methyl sites for hydroxylation is 2. The van der Waals surface area contributed by atoms with Gasteiger partial charge in [0.1, 0.15) is 5.75 Å². The van der Waals surface area contributed by atoms with Gasteiger partial charge in [-0.15, -0.1) is 0 Å². The van der Waals surface area contributed by atoms with E-state index in [1.165, 1.54) is 82.4 Å². The third-order valence-electron chi connectivity index (χ3n) is 9.34. The van der Waals surface area contributed by atoms with Crippen molar-refractivity contribution < 1.29 is 23.8 Å². The molecule has 0 atom stereocenters. The van der Waals surface area contributed by atoms with Crippen LogP contribution in [-0.2, 0) is 21.6 Å². The van der Waals surface area contributed by atoms with Crippen LogP contribution in [0.2, 0.25) is 0 Å². The number of hydrogen-bond acceptors (Lipinski definition) is 8. The van der Waals surface area contributed by atoms with Gasteiger partial charge in [0, 0.05) is 16.9 Å². The molecule has 4 aromatic rings. The van der Waals surface area contributed by atoms with Crippen LogP contribution in [0.25, 0.3) is 22.2 Å². The molecule has 0 amide bonds. The lowest BCUT2D eigenvalue weighted by Gasteiger charge is -2.23. The molecule has 2 aromatic carbocycles. The number of imidazole rings is 1. The van der Waals surface area contributed by atoms with E-state index in [2.05, 4.69) is 18.0 Å². The summed E-state index contributed by atoms with van der Waals surface area (Å²) in [6, 6.07) is 13.8. The Hall–Kier alpha value is -3.85. The fraction of sp³-hybridized carbons (Fsp3) is 0.535. The Kier molecular flexibility index (Phi) is 17.5. The maximum absolute atomic E-state index is 14.0. The molecule has 0 bridgehead atoms. The average molecular weight is 730 g/mol. The summed E-state index contributed by atoms with van der Waals surface area (Å²) in [5, 5.41) is 0.712. The third kappa shape index (κ3) is 11.6. The molecule has 0 aliphatic rings. The standard InChI is InChI=1S/C43H59N3O5S/c1-6-10-11-12-13-14-15-16-17-18-19-20-21-25-32-26-24-29-36(49-7-2)38(32)40-37(41(47)50-8-3)31(5)44-35(39(40)42(48)51-9-4)30-52-43-45-33-27-22-23-28-34(33)46-43/h22-24,26-29H,6-21,25,30H2,1-5H3,(H,45,46). The van der Waals surface area contributed by atoms with Crippen LogP contribution < -0.4 is 4.74 Å². The van der Waals surface area contributed by atoms with Gasteiger partial charge in [-0.25, -0.2) is 14.6 Å². The maximum Gasteiger partial charge on any atom is 0.340 e. The first kappa shape index (κ1) is 40.9. The molecular weight excluding hydrogens is 671 g/mol. The number of rotatable bonds is 24. The van der Waals surface area contributed by atoms with Crippen LogP contribution in [0.4, 0.5) is 0 Å². The van der Waals surface area contributed by atoms with Crippen molar-refractivity contribution in [3.05, 3.63) is 70.5 Å². The van der Waals surface area contributed by atoms with Crippen molar-refractivity contribution >= 4 is 34.7 Å². The fourth-order valence-electron chi connectivity index (χ4n) is 6.81. The number of H-pyrrole nitrogens is 1. The average Bonchev–Trinajstić information content (AvgIpc) is 3.56. The Morgan fingerprint density at radius 1 is 0.673 bits per heavy atom. The molecule has 2 heterocycles. The minimum atomic E-state index is -0.533. The predicted molar refractivity (Wildman–Crippen MR) is 213 cm³/mol. The van der Waals surface area contributed by atoms with Crippen LogP contribution in [0.3, 0.4) is 0 Å². The van der Waals surface area contributed by atoms with Gasteiger partial charge in [-0.3, -0.25) is 4.98 Å². The number of nitrogens with one attached hydrogen (secondary N) is 1. The molecule has 0 aliphatic heterocycles. The zero-order valence-electron chi connectivity index (χ0n) is 32.1. The Morgan fingerprint density at radius 2 is 1.29 bits per heavy atom. The van der Waals surface area contributed by atoms with E-state index >= 15 is 0 Å². The van der Waals surface area contributed by atoms with Gasteiger partial charge in [0.25, 0.3) is 0 Å². The normalized spacial score (nSPS) is 11.2. The first-order chi connectivity index (χ1) is 25.4. The van der Waals surface area contributed by atoms with Gasteiger partial charge in [0.05, 0.1) is 53.4 Å². The molecule has 0 fully saturated rings. The van der Waals surface area contributed by atoms with Crippen LogP contribution in [0.15, 0.2) is 47.6 Å². The van der Waals surface area contributed by atoms with Crippen molar-refractivity contribution in [3.8, 4) is 16.9 Å². The van der Waals surface area contributed by atoms with Crippen LogP contribution in [-0.4, -0.2) is 46.7 Å². The number of carbonyl (C=O) groups is 2. The van der Waals surface area contributed by atoms with Crippen molar-refractivity contribution in [2.75, 3.05) is 19.8 Å². The van der Waals surface area contributed by atoms with E-state index in [-0.39, 0.29) is 24.3 Å². The summed E-state index contributed by atoms with van der Waals surface area (Å²) in [5.74, 6) is -0.111. The lowest BCUT2D eigenvalue weighted by Crippen LogP contribution is -2.19. The lowest BCUT2D eigenvalue weighted by atomic mass is 9.87. The smallest absolute Gasteiger partial charge is 0.340 e. The first-order valence-corrected chi connectivity index (χ1v) is 20.6. The number of aromatic amines is 1. The summed E-state index contributed by atoms with van der Waals surface area (Å²) in [6.45, 7) is 10.4. The number of aromatic nitrogens is 3. The summed E-state index contributed by atoms with van der Waals surface area (Å²) in [4.78, 5) is 40.8. The number of carbonyl (C=O) groups excluding carboxylic acids is 2. The molecule has 282 valence electrons. The second-order valence-electron chi connectivity index (χ2n) is 13.3. The molecule has 2 aromatic heterocycles. The summed E-state index contributed by atoms with van der Waals surface area (Å²) in [5.41, 5.74) is 5.55. The number of pyridine rings is 1. The van der Waals surface area contributed by atoms with Crippen LogP contribution in [0, 0.1) is 6.92 Å². The van der Waals surface area contributed by atoms with Crippen LogP contribution in [0.5, 0.6) is 5.75 Å². The monoisotopic (exact) mass is 729 g/mol. The van der Waals surface area contributed by atoms with Crippen molar-refractivity contribution in [1.29, 1.82) is 0 Å². The molecule has 0 saturated carbocycles. The molecule has 4 rings (SSSR count). The van der Waals surface area contributed by atoms with E-state index in [0.717, 1.165) is 41.4 Å². The molecule has 0 unspecified atom stereocenters. The van der Waals surface area contributed by atoms with Crippen molar-refractivity contribution in [3.63, 3.8) is 0 Å². The highest BCUT2D eigenvalue weighted by Gasteiger charge is 2.32. The SMILES string of the molecule is CCCCCCCCCCCCCCCc1cccc(OCC)c1-c1c(C(=O)OCC)c(C)nc(CSc2nc3ccccc3[nH]2)c1C(=O)OCC. The maximum atomic E-state index is 14.0. The number of para-hydroxylation sites is 2. The second-order valence-corrected chi connectivity index (χ2v) is 14.2. The Labute approximate surface area is 315 Å². The van der Waals surface area contributed by atoms with Gasteiger partial charge in [0.2, 0.25) is 0 Å². The number of unbranched alkanes of at least 4 members (excludes halogenated alkanes) is 12. The molecular formula is C43H59N3O5S. The third-order valence-corrected chi connectivity index (χ3v) is 10.2. The van der Waals surface area contributed by atoms with Crippen molar-refractivity contribution in [2.45, 2.75) is 135 Å². The van der Waals surface area contributed by atoms with E-state index in [0.29, 0.717) is 40.2 Å². The van der Waals surface area contributed by atoms with E-state index in [4.69, 9.17) is 24.2 Å². The molecule has 1 N–H and O–H groups in total. The summed E-state index contributed by atoms with van der Waals surface area (Å²) >= 11 is 1.45. The predicted octanol–water partition coefficient (Wildman–Crippen LogP) is 11.6. The van der Waals surface area contributed by atoms with Gasteiger partial charge in [-0.2, -0.15) is 0 Å². The van der Waals surface area contributed by atoms with Crippen molar-refractivity contribution in [2.24, 2.45) is 0 Å². The largest absolute Gasteiger partial charge is 0.493 e. The zero-order chi connectivity index (χ0) is 37.1. The van der Waals surface area contributed by atoms with Crippen LogP contribution >= 0.6 is 11.8 Å². The van der Waals surface area contributed by atoms with Gasteiger partial charge >= 0.3 is 11.9 Å². The molecule has 0 radical (unpaired) electrons. The van der Waals surface area contributed by atoms with Gasteiger partial charge in [-0.1, -0.05) is 120 Å². The zero-order valence-corrected chi connectivity index (χ0v) is 32.9. The molecule has 9 heteroatoms. The van der Waals surface area contributed by atoms with Gasteiger partial charge in [0.15, 0.2) is 5.16 Å². The summed E-state index contributed by atoms with van der Waals surface area (Å²) < 4.78 is 17.5.